The normalized spacial score (nSPS) is 12.9. The Bertz CT molecular complexity index is 976. The molecular weight excluding hydrogens is 423 g/mol. The summed E-state index contributed by atoms with van der Waals surface area (Å²) in [5.74, 6) is -3.98. The lowest BCUT2D eigenvalue weighted by atomic mass is 10.1. The van der Waals surface area contributed by atoms with E-state index in [1.807, 2.05) is 31.2 Å². The molecule has 2 aromatic rings. The molecule has 3 rings (SSSR count). The van der Waals surface area contributed by atoms with Crippen LogP contribution in [0.1, 0.15) is 15.9 Å². The Balaban J connectivity index is 0.000000534. The van der Waals surface area contributed by atoms with Gasteiger partial charge in [0.1, 0.15) is 11.6 Å². The first-order valence-electron chi connectivity index (χ1n) is 9.66. The molecule has 0 saturated carbocycles. The highest BCUT2D eigenvalue weighted by molar-refractivity contribution is 6.27. The number of nitrogens with zero attached hydrogens (tertiary/aromatic N) is 2. The maximum atomic E-state index is 13.8. The number of hydrogen-bond donors (Lipinski definition) is 2. The van der Waals surface area contributed by atoms with Crippen molar-refractivity contribution in [2.24, 2.45) is 0 Å². The number of aliphatic carboxylic acids is 2. The van der Waals surface area contributed by atoms with Crippen LogP contribution in [0.2, 0.25) is 0 Å². The number of rotatable bonds is 4. The van der Waals surface area contributed by atoms with E-state index in [1.54, 1.807) is 21.9 Å². The highest BCUT2D eigenvalue weighted by Gasteiger charge is 2.26. The Kier molecular flexibility index (Phi) is 8.70. The van der Waals surface area contributed by atoms with Gasteiger partial charge in [0.05, 0.1) is 5.56 Å². The Labute approximate surface area is 183 Å². The number of carboxylic acid groups (broad SMARTS) is 2. The van der Waals surface area contributed by atoms with Crippen molar-refractivity contribution in [1.29, 1.82) is 0 Å². The standard InChI is InChI=1S/C20H21FN2O3.C2H2O4/c1-15-5-4-6-16(13-15)26-14-19(24)22-9-11-23(12-10-22)20(25)17-7-2-3-8-18(17)21;3-1(4)2(5)6/h2-8,13H,9-12,14H2,1H3;(H,3,4)(H,5,6). The number of carbonyl (C=O) groups is 4. The zero-order chi connectivity index (χ0) is 23.7. The third-order valence-corrected chi connectivity index (χ3v) is 4.56. The second-order valence-corrected chi connectivity index (χ2v) is 6.87. The first-order valence-corrected chi connectivity index (χ1v) is 9.66. The highest BCUT2D eigenvalue weighted by atomic mass is 19.1. The summed E-state index contributed by atoms with van der Waals surface area (Å²) in [4.78, 5) is 46.1. The molecule has 0 radical (unpaired) electrons. The summed E-state index contributed by atoms with van der Waals surface area (Å²) in [5, 5.41) is 14.8. The van der Waals surface area contributed by atoms with Crippen molar-refractivity contribution in [3.8, 4) is 5.75 Å². The van der Waals surface area contributed by atoms with Gasteiger partial charge in [-0.3, -0.25) is 9.59 Å². The average Bonchev–Trinajstić information content (AvgIpc) is 2.78. The number of ether oxygens (including phenoxy) is 1. The molecule has 32 heavy (non-hydrogen) atoms. The van der Waals surface area contributed by atoms with Gasteiger partial charge >= 0.3 is 11.9 Å². The summed E-state index contributed by atoms with van der Waals surface area (Å²) in [6.45, 7) is 3.50. The van der Waals surface area contributed by atoms with Crippen LogP contribution in [-0.4, -0.2) is 76.6 Å². The minimum Gasteiger partial charge on any atom is -0.484 e. The quantitative estimate of drug-likeness (QED) is 0.685. The van der Waals surface area contributed by atoms with Gasteiger partial charge in [0.15, 0.2) is 6.61 Å². The fourth-order valence-electron chi connectivity index (χ4n) is 2.91. The van der Waals surface area contributed by atoms with Gasteiger partial charge < -0.3 is 24.7 Å². The monoisotopic (exact) mass is 446 g/mol. The van der Waals surface area contributed by atoms with Crippen LogP contribution >= 0.6 is 0 Å². The first-order chi connectivity index (χ1) is 15.2. The Hall–Kier alpha value is -3.95. The smallest absolute Gasteiger partial charge is 0.414 e. The summed E-state index contributed by atoms with van der Waals surface area (Å²) >= 11 is 0. The van der Waals surface area contributed by atoms with Crippen LogP contribution in [0.5, 0.6) is 5.75 Å². The number of piperazine rings is 1. The van der Waals surface area contributed by atoms with Gasteiger partial charge in [-0.15, -0.1) is 0 Å². The maximum Gasteiger partial charge on any atom is 0.414 e. The fourth-order valence-corrected chi connectivity index (χ4v) is 2.91. The van der Waals surface area contributed by atoms with E-state index in [4.69, 9.17) is 24.5 Å². The predicted molar refractivity (Wildman–Crippen MR) is 111 cm³/mol. The molecule has 0 unspecified atom stereocenters. The number of carbonyl (C=O) groups excluding carboxylic acids is 2. The number of aryl methyl sites for hydroxylation is 1. The summed E-state index contributed by atoms with van der Waals surface area (Å²) in [7, 11) is 0. The summed E-state index contributed by atoms with van der Waals surface area (Å²) < 4.78 is 19.3. The number of carboxylic acids is 2. The van der Waals surface area contributed by atoms with E-state index in [9.17, 15) is 14.0 Å². The Morgan fingerprint density at radius 1 is 0.906 bits per heavy atom. The number of hydrogen-bond acceptors (Lipinski definition) is 5. The second kappa shape index (κ2) is 11.4. The van der Waals surface area contributed by atoms with Gasteiger partial charge in [0, 0.05) is 26.2 Å². The Morgan fingerprint density at radius 3 is 2.06 bits per heavy atom. The van der Waals surface area contributed by atoms with E-state index >= 15 is 0 Å². The minimum atomic E-state index is -1.82. The molecule has 9 nitrogen and oxygen atoms in total. The lowest BCUT2D eigenvalue weighted by Gasteiger charge is -2.34. The van der Waals surface area contributed by atoms with Gasteiger partial charge in [-0.2, -0.15) is 0 Å². The van der Waals surface area contributed by atoms with Crippen molar-refractivity contribution < 1.29 is 38.5 Å². The molecule has 1 fully saturated rings. The molecule has 1 saturated heterocycles. The summed E-state index contributed by atoms with van der Waals surface area (Å²) in [6, 6.07) is 13.5. The first kappa shape index (κ1) is 24.3. The molecule has 0 bridgehead atoms. The van der Waals surface area contributed by atoms with Crippen LogP contribution < -0.4 is 4.74 Å². The predicted octanol–water partition coefficient (Wildman–Crippen LogP) is 1.65. The minimum absolute atomic E-state index is 0.0370. The van der Waals surface area contributed by atoms with Crippen molar-refractivity contribution >= 4 is 23.8 Å². The zero-order valence-electron chi connectivity index (χ0n) is 17.4. The maximum absolute atomic E-state index is 13.8. The molecule has 170 valence electrons. The zero-order valence-corrected chi connectivity index (χ0v) is 17.4. The number of benzene rings is 2. The van der Waals surface area contributed by atoms with Crippen molar-refractivity contribution in [2.75, 3.05) is 32.8 Å². The molecule has 1 aliphatic rings. The van der Waals surface area contributed by atoms with Gasteiger partial charge in [0.25, 0.3) is 11.8 Å². The van der Waals surface area contributed by atoms with Crippen LogP contribution in [-0.2, 0) is 14.4 Å². The Morgan fingerprint density at radius 2 is 1.50 bits per heavy atom. The lowest BCUT2D eigenvalue weighted by molar-refractivity contribution is -0.159. The molecular formula is C22H23FN2O7. The van der Waals surface area contributed by atoms with Gasteiger partial charge in [-0.05, 0) is 36.8 Å². The summed E-state index contributed by atoms with van der Waals surface area (Å²) in [5.41, 5.74) is 1.13. The average molecular weight is 446 g/mol. The van der Waals surface area contributed by atoms with E-state index in [-0.39, 0.29) is 24.0 Å². The number of amides is 2. The fraction of sp³-hybridized carbons (Fsp3) is 0.273. The van der Waals surface area contributed by atoms with Gasteiger partial charge in [-0.1, -0.05) is 24.3 Å². The van der Waals surface area contributed by atoms with E-state index in [2.05, 4.69) is 0 Å². The lowest BCUT2D eigenvalue weighted by Crippen LogP contribution is -2.51. The third kappa shape index (κ3) is 7.08. The largest absolute Gasteiger partial charge is 0.484 e. The molecule has 2 N–H and O–H groups in total. The van der Waals surface area contributed by atoms with Crippen molar-refractivity contribution in [3.63, 3.8) is 0 Å². The van der Waals surface area contributed by atoms with E-state index in [1.165, 1.54) is 12.1 Å². The van der Waals surface area contributed by atoms with Crippen LogP contribution in [0.3, 0.4) is 0 Å². The van der Waals surface area contributed by atoms with Crippen LogP contribution in [0.15, 0.2) is 48.5 Å². The molecule has 0 spiro atoms. The van der Waals surface area contributed by atoms with Crippen molar-refractivity contribution in [3.05, 3.63) is 65.5 Å². The molecule has 1 heterocycles. The van der Waals surface area contributed by atoms with Gasteiger partial charge in [-0.25, -0.2) is 14.0 Å². The molecule has 10 heteroatoms. The topological polar surface area (TPSA) is 124 Å². The number of halogens is 1. The SMILES string of the molecule is Cc1cccc(OCC(=O)N2CCN(C(=O)c3ccccc3F)CC2)c1.O=C(O)C(=O)O. The van der Waals surface area contributed by atoms with Crippen molar-refractivity contribution in [2.45, 2.75) is 6.92 Å². The van der Waals surface area contributed by atoms with E-state index in [0.717, 1.165) is 5.56 Å². The van der Waals surface area contributed by atoms with Crippen LogP contribution in [0.4, 0.5) is 4.39 Å². The van der Waals surface area contributed by atoms with Crippen LogP contribution in [0, 0.1) is 12.7 Å². The molecule has 2 amide bonds. The summed E-state index contributed by atoms with van der Waals surface area (Å²) in [6.07, 6.45) is 0. The third-order valence-electron chi connectivity index (χ3n) is 4.56. The van der Waals surface area contributed by atoms with Crippen LogP contribution in [0.25, 0.3) is 0 Å². The molecule has 1 aliphatic heterocycles. The highest BCUT2D eigenvalue weighted by Crippen LogP contribution is 2.14. The van der Waals surface area contributed by atoms with Gasteiger partial charge in [0.2, 0.25) is 0 Å². The molecule has 2 aromatic carbocycles. The molecule has 0 aliphatic carbocycles. The van der Waals surface area contributed by atoms with E-state index < -0.39 is 17.8 Å². The van der Waals surface area contributed by atoms with E-state index in [0.29, 0.717) is 31.9 Å². The van der Waals surface area contributed by atoms with Crippen molar-refractivity contribution in [1.82, 2.24) is 9.80 Å². The second-order valence-electron chi connectivity index (χ2n) is 6.87. The molecule has 0 aromatic heterocycles. The molecule has 0 atom stereocenters.